The van der Waals surface area contributed by atoms with E-state index in [1.54, 1.807) is 0 Å². The molecule has 2 fully saturated rings. The van der Waals surface area contributed by atoms with E-state index in [1.165, 1.54) is 0 Å². The molecule has 0 amide bonds. The van der Waals surface area contributed by atoms with Crippen LogP contribution in [0.2, 0.25) is 0 Å². The van der Waals surface area contributed by atoms with E-state index >= 15 is 0 Å². The lowest BCUT2D eigenvalue weighted by molar-refractivity contribution is -0.204. The average Bonchev–Trinajstić information content (AvgIpc) is 1.81. The summed E-state index contributed by atoms with van der Waals surface area (Å²) in [6.45, 7) is 0. The molecule has 0 aromatic rings. The molecule has 0 radical (unpaired) electrons. The van der Waals surface area contributed by atoms with Crippen molar-refractivity contribution in [3.8, 4) is 0 Å². The van der Waals surface area contributed by atoms with Crippen LogP contribution in [0.5, 0.6) is 0 Å². The number of carboxylic acids is 1. The lowest BCUT2D eigenvalue weighted by Crippen LogP contribution is -2.77. The fraction of sp³-hybridized carbons (Fsp3) is 0.875. The van der Waals surface area contributed by atoms with Crippen LogP contribution in [0.15, 0.2) is 0 Å². The lowest BCUT2D eigenvalue weighted by Gasteiger charge is -2.63. The molecule has 0 unspecified atom stereocenters. The number of carbonyl (C=O) groups is 1. The molecule has 2 atom stereocenters. The maximum absolute atomic E-state index is 10.8. The first kappa shape index (κ1) is 10.8. The molecule has 0 saturated heterocycles. The second-order valence-electron chi connectivity index (χ2n) is 4.01. The van der Waals surface area contributed by atoms with E-state index in [2.05, 4.69) is 0 Å². The number of hydrogen-bond acceptors (Lipinski definition) is 3. The van der Waals surface area contributed by atoms with Crippen LogP contribution >= 0.6 is 12.4 Å². The topological polar surface area (TPSA) is 83.6 Å². The fourth-order valence-corrected chi connectivity index (χ4v) is 2.51. The van der Waals surface area contributed by atoms with E-state index in [1.807, 2.05) is 0 Å². The molecule has 0 heterocycles. The summed E-state index contributed by atoms with van der Waals surface area (Å²) in [7, 11) is 0. The second-order valence-corrected chi connectivity index (χ2v) is 4.01. The van der Waals surface area contributed by atoms with Crippen molar-refractivity contribution < 1.29 is 15.0 Å². The Morgan fingerprint density at radius 2 is 2.00 bits per heavy atom. The molecule has 0 aromatic carbocycles. The Labute approximate surface area is 82.5 Å². The SMILES string of the molecule is Cl.N[C@]1(C(=O)O)C[C@H](O)C12CCC2. The molecular weight excluding hydrogens is 194 g/mol. The standard InChI is InChI=1S/C8H13NO3.ClH/c9-8(6(11)12)4-5(10)7(8)2-1-3-7;/h5,10H,1-4,9H2,(H,11,12);1H/t5-,8-;/m0./s1. The van der Waals surface area contributed by atoms with Crippen molar-refractivity contribution in [2.45, 2.75) is 37.3 Å². The first-order valence-electron chi connectivity index (χ1n) is 4.23. The number of aliphatic hydroxyl groups is 1. The van der Waals surface area contributed by atoms with Gasteiger partial charge in [-0.25, -0.2) is 0 Å². The van der Waals surface area contributed by atoms with E-state index < -0.39 is 23.0 Å². The third-order valence-electron chi connectivity index (χ3n) is 3.67. The van der Waals surface area contributed by atoms with E-state index in [0.717, 1.165) is 19.3 Å². The lowest BCUT2D eigenvalue weighted by atomic mass is 9.44. The Hall–Kier alpha value is -0.320. The van der Waals surface area contributed by atoms with Gasteiger partial charge >= 0.3 is 5.97 Å². The summed E-state index contributed by atoms with van der Waals surface area (Å²) in [6, 6.07) is 0. The van der Waals surface area contributed by atoms with Crippen LogP contribution in [-0.4, -0.2) is 27.8 Å². The highest BCUT2D eigenvalue weighted by atomic mass is 35.5. The van der Waals surface area contributed by atoms with Crippen LogP contribution in [-0.2, 0) is 4.79 Å². The molecule has 0 aliphatic heterocycles. The minimum atomic E-state index is -1.15. The van der Waals surface area contributed by atoms with E-state index in [-0.39, 0.29) is 18.8 Å². The third-order valence-corrected chi connectivity index (χ3v) is 3.67. The highest BCUT2D eigenvalue weighted by Crippen LogP contribution is 2.60. The predicted molar refractivity (Wildman–Crippen MR) is 48.7 cm³/mol. The zero-order chi connectivity index (χ0) is 8.98. The first-order chi connectivity index (χ1) is 5.53. The Morgan fingerprint density at radius 3 is 2.15 bits per heavy atom. The van der Waals surface area contributed by atoms with Crippen molar-refractivity contribution in [2.24, 2.45) is 11.1 Å². The fourth-order valence-electron chi connectivity index (χ4n) is 2.51. The molecule has 0 aromatic heterocycles. The van der Waals surface area contributed by atoms with Gasteiger partial charge in [-0.2, -0.15) is 0 Å². The van der Waals surface area contributed by atoms with Crippen LogP contribution < -0.4 is 5.73 Å². The van der Waals surface area contributed by atoms with Crippen LogP contribution in [0.25, 0.3) is 0 Å². The Balaban J connectivity index is 0.000000845. The van der Waals surface area contributed by atoms with Gasteiger partial charge in [0.2, 0.25) is 0 Å². The number of aliphatic carboxylic acids is 1. The molecule has 2 aliphatic rings. The van der Waals surface area contributed by atoms with Gasteiger partial charge in [-0.05, 0) is 12.8 Å². The molecule has 76 valence electrons. The smallest absolute Gasteiger partial charge is 0.324 e. The second kappa shape index (κ2) is 2.83. The Morgan fingerprint density at radius 1 is 1.46 bits per heavy atom. The van der Waals surface area contributed by atoms with Gasteiger partial charge < -0.3 is 15.9 Å². The van der Waals surface area contributed by atoms with Crippen LogP contribution in [0, 0.1) is 5.41 Å². The van der Waals surface area contributed by atoms with E-state index in [0.29, 0.717) is 0 Å². The zero-order valence-corrected chi connectivity index (χ0v) is 8.01. The van der Waals surface area contributed by atoms with Crippen molar-refractivity contribution in [2.75, 3.05) is 0 Å². The normalized spacial score (nSPS) is 40.0. The van der Waals surface area contributed by atoms with Crippen molar-refractivity contribution >= 4 is 18.4 Å². The van der Waals surface area contributed by atoms with Crippen molar-refractivity contribution in [1.29, 1.82) is 0 Å². The van der Waals surface area contributed by atoms with Gasteiger partial charge in [0.1, 0.15) is 5.54 Å². The van der Waals surface area contributed by atoms with Gasteiger partial charge in [0.25, 0.3) is 0 Å². The summed E-state index contributed by atoms with van der Waals surface area (Å²) < 4.78 is 0. The highest BCUT2D eigenvalue weighted by molar-refractivity contribution is 5.85. The molecule has 4 nitrogen and oxygen atoms in total. The van der Waals surface area contributed by atoms with Crippen molar-refractivity contribution in [1.82, 2.24) is 0 Å². The van der Waals surface area contributed by atoms with Crippen molar-refractivity contribution in [3.63, 3.8) is 0 Å². The molecule has 1 spiro atoms. The minimum Gasteiger partial charge on any atom is -0.480 e. The van der Waals surface area contributed by atoms with Crippen LogP contribution in [0.1, 0.15) is 25.7 Å². The van der Waals surface area contributed by atoms with Crippen molar-refractivity contribution in [3.05, 3.63) is 0 Å². The van der Waals surface area contributed by atoms with E-state index in [9.17, 15) is 9.90 Å². The molecule has 0 bridgehead atoms. The predicted octanol–water partition coefficient (Wildman–Crippen LogP) is 0.125. The van der Waals surface area contributed by atoms with Gasteiger partial charge in [-0.3, -0.25) is 4.79 Å². The number of nitrogens with two attached hydrogens (primary N) is 1. The summed E-state index contributed by atoms with van der Waals surface area (Å²) in [5, 5.41) is 18.3. The number of hydrogen-bond donors (Lipinski definition) is 3. The molecule has 2 saturated carbocycles. The Kier molecular flexibility index (Phi) is 2.35. The van der Waals surface area contributed by atoms with Crippen LogP contribution in [0.4, 0.5) is 0 Å². The van der Waals surface area contributed by atoms with E-state index in [4.69, 9.17) is 10.8 Å². The van der Waals surface area contributed by atoms with Gasteiger partial charge in [-0.1, -0.05) is 6.42 Å². The maximum Gasteiger partial charge on any atom is 0.324 e. The largest absolute Gasteiger partial charge is 0.480 e. The molecule has 5 heteroatoms. The quantitative estimate of drug-likeness (QED) is 0.571. The molecule has 2 aliphatic carbocycles. The first-order valence-corrected chi connectivity index (χ1v) is 4.23. The van der Waals surface area contributed by atoms with Gasteiger partial charge in [0, 0.05) is 11.8 Å². The molecule has 4 N–H and O–H groups in total. The summed E-state index contributed by atoms with van der Waals surface area (Å²) >= 11 is 0. The monoisotopic (exact) mass is 207 g/mol. The summed E-state index contributed by atoms with van der Waals surface area (Å²) in [5.74, 6) is -0.965. The summed E-state index contributed by atoms with van der Waals surface area (Å²) in [6.07, 6.45) is 2.23. The van der Waals surface area contributed by atoms with Gasteiger partial charge in [0.15, 0.2) is 0 Å². The van der Waals surface area contributed by atoms with Gasteiger partial charge in [0.05, 0.1) is 6.10 Å². The number of halogens is 1. The number of aliphatic hydroxyl groups excluding tert-OH is 1. The number of carboxylic acid groups (broad SMARTS) is 1. The highest BCUT2D eigenvalue weighted by Gasteiger charge is 2.69. The minimum absolute atomic E-state index is 0. The average molecular weight is 208 g/mol. The van der Waals surface area contributed by atoms with Crippen LogP contribution in [0.3, 0.4) is 0 Å². The zero-order valence-electron chi connectivity index (χ0n) is 7.19. The maximum atomic E-state index is 10.8. The third kappa shape index (κ3) is 0.965. The molecular formula is C8H14ClNO3. The molecule has 13 heavy (non-hydrogen) atoms. The van der Waals surface area contributed by atoms with Gasteiger partial charge in [-0.15, -0.1) is 12.4 Å². The number of rotatable bonds is 1. The molecule has 2 rings (SSSR count). The summed E-state index contributed by atoms with van der Waals surface area (Å²) in [5.41, 5.74) is 4.08. The summed E-state index contributed by atoms with van der Waals surface area (Å²) in [4.78, 5) is 10.8. The Bertz CT molecular complexity index is 242.